The molecule has 0 amide bonds. The largest absolute Gasteiger partial charge is 0.490 e. The Kier molecular flexibility index (Phi) is 5.60. The SMILES string of the molecule is CCOc1cc([C@H]2C(C#N)=C(N)Oc3cc4c(cc32)OCO4)ccc1OCc1ccccc1F. The van der Waals surface area contributed by atoms with Crippen molar-refractivity contribution in [2.75, 3.05) is 13.4 Å². The smallest absolute Gasteiger partial charge is 0.231 e. The molecule has 2 aliphatic rings. The summed E-state index contributed by atoms with van der Waals surface area (Å²) in [6.45, 7) is 2.41. The maximum atomic E-state index is 14.0. The minimum absolute atomic E-state index is 0.0247. The topological polar surface area (TPSA) is 96.0 Å². The van der Waals surface area contributed by atoms with E-state index in [9.17, 15) is 9.65 Å². The van der Waals surface area contributed by atoms with Crippen molar-refractivity contribution in [1.29, 1.82) is 5.26 Å². The van der Waals surface area contributed by atoms with E-state index in [0.29, 0.717) is 40.9 Å². The highest BCUT2D eigenvalue weighted by Gasteiger charge is 2.33. The Balaban J connectivity index is 1.53. The first-order valence-electron chi connectivity index (χ1n) is 10.7. The molecule has 0 bridgehead atoms. The number of ether oxygens (including phenoxy) is 5. The predicted molar refractivity (Wildman–Crippen MR) is 120 cm³/mol. The zero-order valence-electron chi connectivity index (χ0n) is 18.3. The summed E-state index contributed by atoms with van der Waals surface area (Å²) >= 11 is 0. The van der Waals surface area contributed by atoms with Gasteiger partial charge in [-0.3, -0.25) is 0 Å². The van der Waals surface area contributed by atoms with Crippen LogP contribution in [0, 0.1) is 17.1 Å². The van der Waals surface area contributed by atoms with Crippen LogP contribution < -0.4 is 29.4 Å². The lowest BCUT2D eigenvalue weighted by molar-refractivity contribution is 0.174. The third-order valence-electron chi connectivity index (χ3n) is 5.65. The van der Waals surface area contributed by atoms with Gasteiger partial charge in [0.25, 0.3) is 0 Å². The zero-order chi connectivity index (χ0) is 23.7. The van der Waals surface area contributed by atoms with Crippen molar-refractivity contribution in [3.8, 4) is 34.8 Å². The van der Waals surface area contributed by atoms with Gasteiger partial charge in [0, 0.05) is 17.2 Å². The van der Waals surface area contributed by atoms with E-state index in [0.717, 1.165) is 11.1 Å². The van der Waals surface area contributed by atoms with E-state index in [1.54, 1.807) is 42.5 Å². The van der Waals surface area contributed by atoms with Crippen molar-refractivity contribution >= 4 is 0 Å². The van der Waals surface area contributed by atoms with E-state index in [2.05, 4.69) is 6.07 Å². The van der Waals surface area contributed by atoms with Gasteiger partial charge in [-0.1, -0.05) is 24.3 Å². The first-order valence-corrected chi connectivity index (χ1v) is 10.7. The van der Waals surface area contributed by atoms with Gasteiger partial charge in [0.05, 0.1) is 12.5 Å². The Labute approximate surface area is 195 Å². The minimum Gasteiger partial charge on any atom is -0.490 e. The molecule has 2 heterocycles. The van der Waals surface area contributed by atoms with Gasteiger partial charge in [-0.05, 0) is 36.8 Å². The quantitative estimate of drug-likeness (QED) is 0.567. The summed E-state index contributed by atoms with van der Waals surface area (Å²) in [5.41, 5.74) is 8.28. The number of hydrogen-bond acceptors (Lipinski definition) is 7. The standard InChI is InChI=1S/C26H21FN2O5/c1-2-30-22-9-15(7-8-20(22)31-13-16-5-3-4-6-19(16)27)25-17-10-23-24(33-14-32-23)11-21(17)34-26(29)18(25)12-28/h3-11,25H,2,13-14,29H2,1H3/t25-/m1/s1. The highest BCUT2D eigenvalue weighted by molar-refractivity contribution is 5.62. The molecule has 0 spiro atoms. The van der Waals surface area contributed by atoms with Crippen molar-refractivity contribution in [1.82, 2.24) is 0 Å². The van der Waals surface area contributed by atoms with Crippen molar-refractivity contribution in [3.05, 3.63) is 88.6 Å². The third kappa shape index (κ3) is 3.82. The van der Waals surface area contributed by atoms with Crippen LogP contribution in [0.5, 0.6) is 28.7 Å². The molecule has 2 N–H and O–H groups in total. The maximum absolute atomic E-state index is 14.0. The Morgan fingerprint density at radius 1 is 1.03 bits per heavy atom. The van der Waals surface area contributed by atoms with Crippen LogP contribution in [0.2, 0.25) is 0 Å². The maximum Gasteiger partial charge on any atom is 0.231 e. The number of hydrogen-bond donors (Lipinski definition) is 1. The summed E-state index contributed by atoms with van der Waals surface area (Å²) in [5, 5.41) is 9.86. The van der Waals surface area contributed by atoms with Gasteiger partial charge in [-0.15, -0.1) is 0 Å². The summed E-state index contributed by atoms with van der Waals surface area (Å²) in [4.78, 5) is 0. The first kappa shape index (κ1) is 21.5. The van der Waals surface area contributed by atoms with Gasteiger partial charge in [0.2, 0.25) is 12.7 Å². The minimum atomic E-state index is -0.511. The van der Waals surface area contributed by atoms with Crippen molar-refractivity contribution in [2.24, 2.45) is 5.73 Å². The molecular formula is C26H21FN2O5. The number of rotatable bonds is 6. The predicted octanol–water partition coefficient (Wildman–Crippen LogP) is 4.75. The normalized spacial score (nSPS) is 15.9. The van der Waals surface area contributed by atoms with Crippen molar-refractivity contribution < 1.29 is 28.1 Å². The van der Waals surface area contributed by atoms with Crippen LogP contribution in [0.25, 0.3) is 0 Å². The Morgan fingerprint density at radius 3 is 2.59 bits per heavy atom. The molecule has 0 aromatic heterocycles. The molecule has 0 unspecified atom stereocenters. The van der Waals surface area contributed by atoms with Crippen LogP contribution in [0.4, 0.5) is 4.39 Å². The van der Waals surface area contributed by atoms with Crippen LogP contribution in [-0.2, 0) is 6.61 Å². The van der Waals surface area contributed by atoms with E-state index < -0.39 is 5.92 Å². The molecule has 0 aliphatic carbocycles. The van der Waals surface area contributed by atoms with E-state index in [4.69, 9.17) is 29.4 Å². The number of halogens is 1. The number of fused-ring (bicyclic) bond motifs is 2. The molecule has 172 valence electrons. The lowest BCUT2D eigenvalue weighted by Gasteiger charge is -2.27. The molecule has 2 aliphatic heterocycles. The van der Waals surface area contributed by atoms with Gasteiger partial charge in [-0.2, -0.15) is 5.26 Å². The van der Waals surface area contributed by atoms with Gasteiger partial charge >= 0.3 is 0 Å². The fourth-order valence-electron chi connectivity index (χ4n) is 4.05. The summed E-state index contributed by atoms with van der Waals surface area (Å²) in [7, 11) is 0. The molecule has 0 fully saturated rings. The summed E-state index contributed by atoms with van der Waals surface area (Å²) in [6.07, 6.45) is 0. The fourth-order valence-corrected chi connectivity index (χ4v) is 4.05. The molecule has 8 heteroatoms. The lowest BCUT2D eigenvalue weighted by Crippen LogP contribution is -2.21. The average molecular weight is 460 g/mol. The number of nitrogens with zero attached hydrogens (tertiary/aromatic N) is 1. The molecule has 0 saturated heterocycles. The molecule has 3 aromatic rings. The van der Waals surface area contributed by atoms with Gasteiger partial charge in [0.1, 0.15) is 29.8 Å². The molecule has 0 saturated carbocycles. The van der Waals surface area contributed by atoms with E-state index >= 15 is 0 Å². The lowest BCUT2D eigenvalue weighted by atomic mass is 9.83. The average Bonchev–Trinajstić information content (AvgIpc) is 3.29. The molecule has 7 nitrogen and oxygen atoms in total. The summed E-state index contributed by atoms with van der Waals surface area (Å²) < 4.78 is 42.4. The summed E-state index contributed by atoms with van der Waals surface area (Å²) in [6, 6.07) is 17.5. The Bertz CT molecular complexity index is 1330. The van der Waals surface area contributed by atoms with Gasteiger partial charge in [0.15, 0.2) is 23.0 Å². The fraction of sp³-hybridized carbons (Fsp3) is 0.192. The number of allylic oxidation sites excluding steroid dienone is 1. The van der Waals surface area contributed by atoms with Gasteiger partial charge in [-0.25, -0.2) is 4.39 Å². The number of nitriles is 1. The van der Waals surface area contributed by atoms with Crippen LogP contribution in [0.15, 0.2) is 66.1 Å². The summed E-state index contributed by atoms with van der Waals surface area (Å²) in [5.74, 6) is 1.72. The molecule has 5 rings (SSSR count). The highest BCUT2D eigenvalue weighted by atomic mass is 19.1. The number of nitrogens with two attached hydrogens (primary N) is 1. The molecular weight excluding hydrogens is 439 g/mol. The van der Waals surface area contributed by atoms with E-state index in [-0.39, 0.29) is 30.7 Å². The Hall–Kier alpha value is -4.38. The molecule has 1 atom stereocenters. The highest BCUT2D eigenvalue weighted by Crippen LogP contribution is 2.48. The first-order chi connectivity index (χ1) is 16.6. The van der Waals surface area contributed by atoms with Gasteiger partial charge < -0.3 is 29.4 Å². The monoisotopic (exact) mass is 460 g/mol. The number of benzene rings is 3. The third-order valence-corrected chi connectivity index (χ3v) is 5.65. The Morgan fingerprint density at radius 2 is 1.82 bits per heavy atom. The molecule has 0 radical (unpaired) electrons. The van der Waals surface area contributed by atoms with Crippen LogP contribution in [0.3, 0.4) is 0 Å². The molecule has 3 aromatic carbocycles. The van der Waals surface area contributed by atoms with E-state index in [1.807, 2.05) is 13.0 Å². The second kappa shape index (κ2) is 8.87. The van der Waals surface area contributed by atoms with Crippen LogP contribution in [0.1, 0.15) is 29.5 Å². The zero-order valence-corrected chi connectivity index (χ0v) is 18.3. The van der Waals surface area contributed by atoms with Crippen molar-refractivity contribution in [2.45, 2.75) is 19.4 Å². The van der Waals surface area contributed by atoms with Crippen LogP contribution in [-0.4, -0.2) is 13.4 Å². The second-order valence-corrected chi connectivity index (χ2v) is 7.69. The van der Waals surface area contributed by atoms with Crippen molar-refractivity contribution in [3.63, 3.8) is 0 Å². The second-order valence-electron chi connectivity index (χ2n) is 7.69. The molecule has 34 heavy (non-hydrogen) atoms. The van der Waals surface area contributed by atoms with E-state index in [1.165, 1.54) is 6.07 Å². The van der Waals surface area contributed by atoms with Crippen LogP contribution >= 0.6 is 0 Å².